The smallest absolute Gasteiger partial charge is 0.269 e. The van der Waals surface area contributed by atoms with Crippen molar-refractivity contribution in [2.45, 2.75) is 24.8 Å². The molecule has 0 saturated carbocycles. The van der Waals surface area contributed by atoms with Crippen LogP contribution in [0.5, 0.6) is 0 Å². The maximum atomic E-state index is 14.0. The van der Waals surface area contributed by atoms with Crippen molar-refractivity contribution in [2.75, 3.05) is 15.6 Å². The van der Waals surface area contributed by atoms with E-state index in [0.29, 0.717) is 6.54 Å². The molecule has 0 radical (unpaired) electrons. The van der Waals surface area contributed by atoms with Gasteiger partial charge in [0.2, 0.25) is 10.8 Å². The van der Waals surface area contributed by atoms with E-state index in [2.05, 4.69) is 6.92 Å². The molecule has 2 heterocycles. The van der Waals surface area contributed by atoms with Crippen molar-refractivity contribution >= 4 is 35.0 Å². The van der Waals surface area contributed by atoms with Crippen LogP contribution in [0.2, 0.25) is 0 Å². The van der Waals surface area contributed by atoms with E-state index >= 15 is 0 Å². The second-order valence-corrected chi connectivity index (χ2v) is 8.74. The van der Waals surface area contributed by atoms with E-state index in [4.69, 9.17) is 0 Å². The number of benzene rings is 3. The zero-order chi connectivity index (χ0) is 20.7. The van der Waals surface area contributed by atoms with Gasteiger partial charge in [0.15, 0.2) is 0 Å². The number of hydrogen-bond donors (Lipinski definition) is 0. The molecular formula is C25H22N2O2S. The first-order valence-corrected chi connectivity index (χ1v) is 11.1. The Morgan fingerprint density at radius 1 is 0.867 bits per heavy atom. The number of amides is 2. The molecule has 0 bridgehead atoms. The lowest BCUT2D eigenvalue weighted by Crippen LogP contribution is -2.49. The number of hydrogen-bond acceptors (Lipinski definition) is 3. The van der Waals surface area contributed by atoms with Crippen LogP contribution in [-0.2, 0) is 27.4 Å². The summed E-state index contributed by atoms with van der Waals surface area (Å²) in [5, 5.41) is 0. The average Bonchev–Trinajstić information content (AvgIpc) is 3.26. The minimum atomic E-state index is -1.05. The van der Waals surface area contributed by atoms with Crippen LogP contribution in [0.1, 0.15) is 23.6 Å². The quantitative estimate of drug-likeness (QED) is 0.620. The number of thioether (sulfide) groups is 1. The summed E-state index contributed by atoms with van der Waals surface area (Å²) in [5.74, 6) is 0.200. The fourth-order valence-electron chi connectivity index (χ4n) is 4.36. The summed E-state index contributed by atoms with van der Waals surface area (Å²) in [6.07, 6.45) is 0.931. The molecule has 2 aliphatic rings. The van der Waals surface area contributed by atoms with E-state index in [0.717, 1.165) is 28.9 Å². The zero-order valence-electron chi connectivity index (χ0n) is 16.7. The Morgan fingerprint density at radius 2 is 1.57 bits per heavy atom. The van der Waals surface area contributed by atoms with Gasteiger partial charge in [-0.25, -0.2) is 0 Å². The summed E-state index contributed by atoms with van der Waals surface area (Å²) in [5.41, 5.74) is 4.80. The lowest BCUT2D eigenvalue weighted by Gasteiger charge is -2.33. The molecule has 2 amide bonds. The minimum absolute atomic E-state index is 0.0334. The molecule has 3 aromatic rings. The number of nitrogens with zero attached hydrogens (tertiary/aromatic N) is 2. The average molecular weight is 415 g/mol. The van der Waals surface area contributed by atoms with Gasteiger partial charge in [0.05, 0.1) is 18.0 Å². The molecule has 1 fully saturated rings. The summed E-state index contributed by atoms with van der Waals surface area (Å²) in [7, 11) is 0. The van der Waals surface area contributed by atoms with Crippen LogP contribution in [-0.4, -0.2) is 17.6 Å². The van der Waals surface area contributed by atoms with Crippen molar-refractivity contribution in [3.8, 4) is 0 Å². The van der Waals surface area contributed by atoms with Gasteiger partial charge in [0, 0.05) is 11.3 Å². The van der Waals surface area contributed by atoms with Crippen molar-refractivity contribution in [1.29, 1.82) is 0 Å². The number of para-hydroxylation sites is 1. The molecule has 5 heteroatoms. The van der Waals surface area contributed by atoms with Crippen LogP contribution in [0.3, 0.4) is 0 Å². The van der Waals surface area contributed by atoms with Crippen LogP contribution in [0, 0.1) is 0 Å². The summed E-state index contributed by atoms with van der Waals surface area (Å²) < 4.78 is 0. The first kappa shape index (κ1) is 18.9. The fraction of sp³-hybridized carbons (Fsp3) is 0.200. The Balaban J connectivity index is 1.62. The van der Waals surface area contributed by atoms with Crippen LogP contribution in [0.25, 0.3) is 0 Å². The molecule has 2 aliphatic heterocycles. The van der Waals surface area contributed by atoms with Gasteiger partial charge < -0.3 is 4.90 Å². The SMILES string of the molecule is CCc1ccc(N2C(=O)CS[C@]23C(=O)N(Cc2ccccc2)c2ccccc23)cc1. The second-order valence-electron chi connectivity index (χ2n) is 7.58. The van der Waals surface area contributed by atoms with Crippen LogP contribution >= 0.6 is 11.8 Å². The standard InChI is InChI=1S/C25H22N2O2S/c1-2-18-12-14-20(15-13-18)27-23(28)17-30-25(27)21-10-6-7-11-22(21)26(24(25)29)16-19-8-4-3-5-9-19/h3-15H,2,16-17H2,1H3/t25-/m1/s1. The van der Waals surface area contributed by atoms with Crippen molar-refractivity contribution in [3.05, 3.63) is 95.6 Å². The molecule has 4 nitrogen and oxygen atoms in total. The van der Waals surface area contributed by atoms with Gasteiger partial charge in [-0.1, -0.05) is 67.6 Å². The normalized spacial score (nSPS) is 20.3. The predicted octanol–water partition coefficient (Wildman–Crippen LogP) is 4.73. The number of anilines is 2. The third-order valence-corrected chi connectivity index (χ3v) is 7.24. The van der Waals surface area contributed by atoms with E-state index in [1.807, 2.05) is 83.8 Å². The third-order valence-electron chi connectivity index (χ3n) is 5.85. The number of fused-ring (bicyclic) bond motifs is 2. The fourth-order valence-corrected chi connectivity index (χ4v) is 5.72. The molecule has 1 saturated heterocycles. The first-order chi connectivity index (χ1) is 14.6. The second kappa shape index (κ2) is 7.33. The lowest BCUT2D eigenvalue weighted by molar-refractivity contribution is -0.123. The van der Waals surface area contributed by atoms with Crippen molar-refractivity contribution in [1.82, 2.24) is 0 Å². The summed E-state index contributed by atoms with van der Waals surface area (Å²) in [4.78, 5) is 29.5. The number of rotatable bonds is 4. The Bertz CT molecular complexity index is 1110. The Kier molecular flexibility index (Phi) is 4.63. The van der Waals surface area contributed by atoms with Crippen molar-refractivity contribution in [3.63, 3.8) is 0 Å². The van der Waals surface area contributed by atoms with E-state index in [-0.39, 0.29) is 17.6 Å². The highest BCUT2D eigenvalue weighted by atomic mass is 32.2. The highest BCUT2D eigenvalue weighted by Crippen LogP contribution is 2.55. The third kappa shape index (κ3) is 2.76. The van der Waals surface area contributed by atoms with Gasteiger partial charge in [-0.05, 0) is 35.7 Å². The van der Waals surface area contributed by atoms with Crippen molar-refractivity contribution in [2.24, 2.45) is 0 Å². The Morgan fingerprint density at radius 3 is 2.30 bits per heavy atom. The minimum Gasteiger partial charge on any atom is -0.304 e. The summed E-state index contributed by atoms with van der Waals surface area (Å²) >= 11 is 1.42. The Hall–Kier alpha value is -3.05. The van der Waals surface area contributed by atoms with Crippen LogP contribution < -0.4 is 9.80 Å². The number of carbonyl (C=O) groups excluding carboxylic acids is 2. The van der Waals surface area contributed by atoms with E-state index in [1.165, 1.54) is 17.3 Å². The molecular weight excluding hydrogens is 392 g/mol. The maximum Gasteiger partial charge on any atom is 0.269 e. The van der Waals surface area contributed by atoms with Gasteiger partial charge in [0.25, 0.3) is 5.91 Å². The van der Waals surface area contributed by atoms with E-state index < -0.39 is 4.87 Å². The molecule has 150 valence electrons. The topological polar surface area (TPSA) is 40.6 Å². The monoisotopic (exact) mass is 414 g/mol. The molecule has 0 N–H and O–H groups in total. The molecule has 0 aromatic heterocycles. The van der Waals surface area contributed by atoms with E-state index in [9.17, 15) is 9.59 Å². The van der Waals surface area contributed by atoms with Gasteiger partial charge in [-0.2, -0.15) is 0 Å². The lowest BCUT2D eigenvalue weighted by atomic mass is 10.0. The molecule has 3 aromatic carbocycles. The van der Waals surface area contributed by atoms with Gasteiger partial charge in [-0.15, -0.1) is 11.8 Å². The van der Waals surface area contributed by atoms with Crippen molar-refractivity contribution < 1.29 is 9.59 Å². The number of aryl methyl sites for hydroxylation is 1. The molecule has 1 spiro atoms. The van der Waals surface area contributed by atoms with Gasteiger partial charge in [0.1, 0.15) is 0 Å². The van der Waals surface area contributed by atoms with Crippen LogP contribution in [0.15, 0.2) is 78.9 Å². The summed E-state index contributed by atoms with van der Waals surface area (Å²) in [6, 6.07) is 25.8. The molecule has 30 heavy (non-hydrogen) atoms. The van der Waals surface area contributed by atoms with Gasteiger partial charge >= 0.3 is 0 Å². The Labute approximate surface area is 180 Å². The predicted molar refractivity (Wildman–Crippen MR) is 122 cm³/mol. The number of carbonyl (C=O) groups is 2. The van der Waals surface area contributed by atoms with Gasteiger partial charge in [-0.3, -0.25) is 14.5 Å². The highest BCUT2D eigenvalue weighted by molar-refractivity contribution is 8.02. The first-order valence-electron chi connectivity index (χ1n) is 10.2. The zero-order valence-corrected chi connectivity index (χ0v) is 17.6. The van der Waals surface area contributed by atoms with Crippen LogP contribution in [0.4, 0.5) is 11.4 Å². The highest BCUT2D eigenvalue weighted by Gasteiger charge is 2.60. The summed E-state index contributed by atoms with van der Waals surface area (Å²) in [6.45, 7) is 2.58. The molecule has 0 unspecified atom stereocenters. The molecule has 1 atom stereocenters. The van der Waals surface area contributed by atoms with E-state index in [1.54, 1.807) is 4.90 Å². The molecule has 0 aliphatic carbocycles. The molecule has 5 rings (SSSR count). The maximum absolute atomic E-state index is 14.0. The largest absolute Gasteiger partial charge is 0.304 e.